The first-order chi connectivity index (χ1) is 10.2. The number of amides is 1. The topological polar surface area (TPSA) is 67.4 Å². The Kier molecular flexibility index (Phi) is 3.64. The van der Waals surface area contributed by atoms with Gasteiger partial charge in [-0.3, -0.25) is 4.79 Å². The average molecular weight is 289 g/mol. The van der Waals surface area contributed by atoms with Crippen LogP contribution in [-0.4, -0.2) is 51.7 Å². The maximum absolute atomic E-state index is 12.3. The maximum Gasteiger partial charge on any atom is 0.276 e. The smallest absolute Gasteiger partial charge is 0.276 e. The molecule has 7 nitrogen and oxygen atoms in total. The fourth-order valence-corrected chi connectivity index (χ4v) is 2.57. The summed E-state index contributed by atoms with van der Waals surface area (Å²) >= 11 is 0. The zero-order valence-corrected chi connectivity index (χ0v) is 12.3. The number of hydrogen-bond donors (Lipinski definition) is 0. The summed E-state index contributed by atoms with van der Waals surface area (Å²) in [6.45, 7) is 7.67. The van der Waals surface area contributed by atoms with E-state index in [4.69, 9.17) is 4.52 Å². The van der Waals surface area contributed by atoms with Gasteiger partial charge in [-0.05, 0) is 13.8 Å². The molecule has 3 rings (SSSR count). The molecule has 0 aliphatic carbocycles. The Morgan fingerprint density at radius 3 is 2.71 bits per heavy atom. The molecule has 0 N–H and O–H groups in total. The van der Waals surface area contributed by atoms with Gasteiger partial charge in [-0.15, -0.1) is 0 Å². The summed E-state index contributed by atoms with van der Waals surface area (Å²) in [5, 5.41) is 3.79. The summed E-state index contributed by atoms with van der Waals surface area (Å²) in [5.74, 6) is 1.56. The van der Waals surface area contributed by atoms with Crippen LogP contribution in [0.15, 0.2) is 23.0 Å². The lowest BCUT2D eigenvalue weighted by Crippen LogP contribution is -2.49. The standard InChI is InChI=1S/C14H19N5O2/c1-3-17-5-4-15-14(17)19-8-6-18(7-9-19)13(20)12-10-11(2)21-16-12/h4-5,10H,3,6-9H2,1-2H3. The molecule has 1 aliphatic rings. The van der Waals surface area contributed by atoms with Gasteiger partial charge in [0, 0.05) is 51.2 Å². The Morgan fingerprint density at radius 1 is 1.33 bits per heavy atom. The number of aryl methyl sites for hydroxylation is 2. The highest BCUT2D eigenvalue weighted by molar-refractivity contribution is 5.92. The predicted octanol–water partition coefficient (Wildman–Crippen LogP) is 1.16. The summed E-state index contributed by atoms with van der Waals surface area (Å²) in [6.07, 6.45) is 3.79. The van der Waals surface area contributed by atoms with Crippen LogP contribution in [-0.2, 0) is 6.54 Å². The molecule has 1 saturated heterocycles. The zero-order chi connectivity index (χ0) is 14.8. The van der Waals surface area contributed by atoms with Crippen LogP contribution in [0.5, 0.6) is 0 Å². The fourth-order valence-electron chi connectivity index (χ4n) is 2.57. The van der Waals surface area contributed by atoms with Gasteiger partial charge in [0.1, 0.15) is 5.76 Å². The van der Waals surface area contributed by atoms with Gasteiger partial charge >= 0.3 is 0 Å². The summed E-state index contributed by atoms with van der Waals surface area (Å²) in [4.78, 5) is 20.7. The lowest BCUT2D eigenvalue weighted by Gasteiger charge is -2.35. The molecule has 0 radical (unpaired) electrons. The van der Waals surface area contributed by atoms with E-state index < -0.39 is 0 Å². The minimum absolute atomic E-state index is 0.0645. The Balaban J connectivity index is 1.64. The zero-order valence-electron chi connectivity index (χ0n) is 12.3. The number of piperazine rings is 1. The summed E-state index contributed by atoms with van der Waals surface area (Å²) in [7, 11) is 0. The van der Waals surface area contributed by atoms with E-state index in [1.807, 2.05) is 17.3 Å². The van der Waals surface area contributed by atoms with Crippen LogP contribution >= 0.6 is 0 Å². The van der Waals surface area contributed by atoms with Gasteiger partial charge in [0.05, 0.1) is 0 Å². The molecule has 2 aromatic heterocycles. The van der Waals surface area contributed by atoms with Gasteiger partial charge in [-0.25, -0.2) is 4.98 Å². The molecule has 3 heterocycles. The van der Waals surface area contributed by atoms with Crippen molar-refractivity contribution in [2.24, 2.45) is 0 Å². The molecular formula is C14H19N5O2. The van der Waals surface area contributed by atoms with Crippen LogP contribution in [0.2, 0.25) is 0 Å². The Hall–Kier alpha value is -2.31. The molecule has 0 aromatic carbocycles. The van der Waals surface area contributed by atoms with Crippen LogP contribution in [0.1, 0.15) is 23.2 Å². The number of aromatic nitrogens is 3. The number of carbonyl (C=O) groups is 1. The molecule has 0 unspecified atom stereocenters. The van der Waals surface area contributed by atoms with E-state index in [2.05, 4.69) is 26.5 Å². The van der Waals surface area contributed by atoms with Gasteiger partial charge in [0.2, 0.25) is 5.95 Å². The lowest BCUT2D eigenvalue weighted by molar-refractivity contribution is 0.0735. The van der Waals surface area contributed by atoms with E-state index >= 15 is 0 Å². The predicted molar refractivity (Wildman–Crippen MR) is 77.3 cm³/mol. The van der Waals surface area contributed by atoms with E-state index in [0.29, 0.717) is 24.5 Å². The van der Waals surface area contributed by atoms with Gasteiger partial charge in [0.25, 0.3) is 5.91 Å². The largest absolute Gasteiger partial charge is 0.361 e. The normalized spacial score (nSPS) is 15.5. The number of anilines is 1. The van der Waals surface area contributed by atoms with Crippen LogP contribution in [0.25, 0.3) is 0 Å². The highest BCUT2D eigenvalue weighted by Gasteiger charge is 2.25. The molecule has 112 valence electrons. The molecule has 2 aromatic rings. The van der Waals surface area contributed by atoms with E-state index in [0.717, 1.165) is 25.6 Å². The molecule has 0 bridgehead atoms. The first kappa shape index (κ1) is 13.7. The van der Waals surface area contributed by atoms with Crippen molar-refractivity contribution in [3.05, 3.63) is 29.9 Å². The van der Waals surface area contributed by atoms with Gasteiger partial charge in [-0.1, -0.05) is 5.16 Å². The fraction of sp³-hybridized carbons (Fsp3) is 0.500. The highest BCUT2D eigenvalue weighted by atomic mass is 16.5. The van der Waals surface area contributed by atoms with Crippen molar-refractivity contribution in [2.75, 3.05) is 31.1 Å². The molecule has 7 heteroatoms. The molecule has 1 fully saturated rings. The van der Waals surface area contributed by atoms with Crippen molar-refractivity contribution in [3.8, 4) is 0 Å². The highest BCUT2D eigenvalue weighted by Crippen LogP contribution is 2.15. The van der Waals surface area contributed by atoms with E-state index in [1.54, 1.807) is 13.0 Å². The second kappa shape index (κ2) is 5.59. The summed E-state index contributed by atoms with van der Waals surface area (Å²) in [5.41, 5.74) is 0.385. The third-order valence-electron chi connectivity index (χ3n) is 3.73. The molecule has 0 saturated carbocycles. The Morgan fingerprint density at radius 2 is 2.10 bits per heavy atom. The second-order valence-corrected chi connectivity index (χ2v) is 5.12. The molecule has 0 atom stereocenters. The number of imidazole rings is 1. The van der Waals surface area contributed by atoms with Gasteiger partial charge < -0.3 is 18.9 Å². The van der Waals surface area contributed by atoms with Crippen molar-refractivity contribution in [1.82, 2.24) is 19.6 Å². The van der Waals surface area contributed by atoms with Crippen molar-refractivity contribution in [1.29, 1.82) is 0 Å². The number of rotatable bonds is 3. The van der Waals surface area contributed by atoms with Crippen LogP contribution in [0, 0.1) is 6.92 Å². The number of hydrogen-bond acceptors (Lipinski definition) is 5. The summed E-state index contributed by atoms with van der Waals surface area (Å²) in [6, 6.07) is 1.68. The number of carbonyl (C=O) groups excluding carboxylic acids is 1. The third kappa shape index (κ3) is 2.63. The number of nitrogens with zero attached hydrogens (tertiary/aromatic N) is 5. The van der Waals surface area contributed by atoms with Crippen molar-refractivity contribution < 1.29 is 9.32 Å². The van der Waals surface area contributed by atoms with Gasteiger partial charge in [0.15, 0.2) is 5.69 Å². The molecule has 1 amide bonds. The van der Waals surface area contributed by atoms with Crippen LogP contribution < -0.4 is 4.90 Å². The monoisotopic (exact) mass is 289 g/mol. The molecule has 1 aliphatic heterocycles. The Labute approximate surface area is 123 Å². The van der Waals surface area contributed by atoms with Crippen molar-refractivity contribution >= 4 is 11.9 Å². The summed E-state index contributed by atoms with van der Waals surface area (Å²) < 4.78 is 7.08. The van der Waals surface area contributed by atoms with E-state index in [9.17, 15) is 4.79 Å². The second-order valence-electron chi connectivity index (χ2n) is 5.12. The Bertz CT molecular complexity index is 625. The van der Waals surface area contributed by atoms with Gasteiger partial charge in [-0.2, -0.15) is 0 Å². The molecule has 0 spiro atoms. The third-order valence-corrected chi connectivity index (χ3v) is 3.73. The van der Waals surface area contributed by atoms with Crippen molar-refractivity contribution in [3.63, 3.8) is 0 Å². The maximum atomic E-state index is 12.3. The van der Waals surface area contributed by atoms with E-state index in [1.165, 1.54) is 0 Å². The minimum Gasteiger partial charge on any atom is -0.361 e. The SMILES string of the molecule is CCn1ccnc1N1CCN(C(=O)c2cc(C)on2)CC1. The first-order valence-electron chi connectivity index (χ1n) is 7.17. The van der Waals surface area contributed by atoms with Crippen molar-refractivity contribution in [2.45, 2.75) is 20.4 Å². The quantitative estimate of drug-likeness (QED) is 0.848. The van der Waals surface area contributed by atoms with Crippen LogP contribution in [0.3, 0.4) is 0 Å². The molecule has 21 heavy (non-hydrogen) atoms. The molecular weight excluding hydrogens is 270 g/mol. The minimum atomic E-state index is -0.0645. The average Bonchev–Trinajstić information content (AvgIpc) is 3.15. The van der Waals surface area contributed by atoms with Crippen LogP contribution in [0.4, 0.5) is 5.95 Å². The van der Waals surface area contributed by atoms with E-state index in [-0.39, 0.29) is 5.91 Å². The lowest BCUT2D eigenvalue weighted by atomic mass is 10.2. The first-order valence-corrected chi connectivity index (χ1v) is 7.17.